The Labute approximate surface area is 145 Å². The standard InChI is InChI=1S/C17H12N2O7/c18-13-4-1-9(5-14(13)19(23)24)17(22)25-8-10-6-16(21)26-15-7-11(20)2-3-12(10)15/h1-7,20H,8,18H2. The molecule has 1 aromatic heterocycles. The molecule has 0 radical (unpaired) electrons. The van der Waals surface area contributed by atoms with Crippen LogP contribution in [0.3, 0.4) is 0 Å². The van der Waals surface area contributed by atoms with Crippen LogP contribution in [0.25, 0.3) is 11.0 Å². The lowest BCUT2D eigenvalue weighted by Crippen LogP contribution is -2.09. The first kappa shape index (κ1) is 17.0. The quantitative estimate of drug-likeness (QED) is 0.238. The van der Waals surface area contributed by atoms with Crippen LogP contribution in [0.4, 0.5) is 11.4 Å². The lowest BCUT2D eigenvalue weighted by atomic mass is 10.1. The second kappa shape index (κ2) is 6.55. The molecule has 3 N–H and O–H groups in total. The number of carbonyl (C=O) groups excluding carboxylic acids is 1. The molecule has 0 fully saturated rings. The van der Waals surface area contributed by atoms with Gasteiger partial charge in [-0.3, -0.25) is 10.1 Å². The number of nitro groups is 1. The van der Waals surface area contributed by atoms with Crippen molar-refractivity contribution in [1.29, 1.82) is 0 Å². The Balaban J connectivity index is 1.86. The second-order valence-corrected chi connectivity index (χ2v) is 5.38. The number of hydrogen-bond donors (Lipinski definition) is 2. The molecule has 0 saturated heterocycles. The van der Waals surface area contributed by atoms with Crippen molar-refractivity contribution in [3.05, 3.63) is 74.1 Å². The first-order valence-corrected chi connectivity index (χ1v) is 7.32. The summed E-state index contributed by atoms with van der Waals surface area (Å²) < 4.78 is 10.1. The van der Waals surface area contributed by atoms with E-state index in [4.69, 9.17) is 14.9 Å². The second-order valence-electron chi connectivity index (χ2n) is 5.38. The van der Waals surface area contributed by atoms with Gasteiger partial charge in [0.1, 0.15) is 23.6 Å². The van der Waals surface area contributed by atoms with Gasteiger partial charge in [-0.15, -0.1) is 0 Å². The Bertz CT molecular complexity index is 1090. The summed E-state index contributed by atoms with van der Waals surface area (Å²) >= 11 is 0. The van der Waals surface area contributed by atoms with Gasteiger partial charge in [0.2, 0.25) is 0 Å². The van der Waals surface area contributed by atoms with Crippen LogP contribution in [0.15, 0.2) is 51.7 Å². The topological polar surface area (TPSA) is 146 Å². The average molecular weight is 356 g/mol. The molecule has 0 aliphatic heterocycles. The van der Waals surface area contributed by atoms with E-state index in [0.717, 1.165) is 12.1 Å². The molecular weight excluding hydrogens is 344 g/mol. The van der Waals surface area contributed by atoms with Crippen molar-refractivity contribution in [2.24, 2.45) is 0 Å². The summed E-state index contributed by atoms with van der Waals surface area (Å²) in [6, 6.07) is 8.92. The normalized spacial score (nSPS) is 10.6. The van der Waals surface area contributed by atoms with Crippen LogP contribution >= 0.6 is 0 Å². The van der Waals surface area contributed by atoms with Crippen molar-refractivity contribution in [1.82, 2.24) is 0 Å². The molecule has 3 rings (SSSR count). The van der Waals surface area contributed by atoms with Crippen molar-refractivity contribution in [3.63, 3.8) is 0 Å². The van der Waals surface area contributed by atoms with Gasteiger partial charge in [0.25, 0.3) is 5.69 Å². The van der Waals surface area contributed by atoms with E-state index in [9.17, 15) is 24.8 Å². The SMILES string of the molecule is Nc1ccc(C(=O)OCc2cc(=O)oc3cc(O)ccc23)cc1[N+](=O)[O-]. The Morgan fingerprint density at radius 3 is 2.73 bits per heavy atom. The molecule has 9 heteroatoms. The minimum absolute atomic E-state index is 0.0455. The number of benzene rings is 2. The van der Waals surface area contributed by atoms with Crippen molar-refractivity contribution in [2.45, 2.75) is 6.61 Å². The van der Waals surface area contributed by atoms with Crippen LogP contribution in [0.2, 0.25) is 0 Å². The Hall–Kier alpha value is -3.88. The Morgan fingerprint density at radius 1 is 1.23 bits per heavy atom. The zero-order valence-electron chi connectivity index (χ0n) is 13.2. The summed E-state index contributed by atoms with van der Waals surface area (Å²) in [6.07, 6.45) is 0. The van der Waals surface area contributed by atoms with Crippen molar-refractivity contribution >= 4 is 28.3 Å². The Kier molecular flexibility index (Phi) is 4.27. The Morgan fingerprint density at radius 2 is 2.00 bits per heavy atom. The van der Waals surface area contributed by atoms with Crippen LogP contribution in [0.1, 0.15) is 15.9 Å². The molecular formula is C17H12N2O7. The van der Waals surface area contributed by atoms with Gasteiger partial charge >= 0.3 is 11.6 Å². The third kappa shape index (κ3) is 3.31. The zero-order valence-corrected chi connectivity index (χ0v) is 13.2. The van der Waals surface area contributed by atoms with Crippen LogP contribution < -0.4 is 11.4 Å². The van der Waals surface area contributed by atoms with Gasteiger partial charge in [-0.2, -0.15) is 0 Å². The summed E-state index contributed by atoms with van der Waals surface area (Å²) in [6.45, 7) is -0.260. The monoisotopic (exact) mass is 356 g/mol. The number of anilines is 1. The zero-order chi connectivity index (χ0) is 18.8. The summed E-state index contributed by atoms with van der Waals surface area (Å²) in [5, 5.41) is 20.8. The fourth-order valence-corrected chi connectivity index (χ4v) is 2.39. The number of phenols is 1. The molecule has 0 bridgehead atoms. The van der Waals surface area contributed by atoms with Gasteiger partial charge in [0.15, 0.2) is 0 Å². The number of phenolic OH excluding ortho intramolecular Hbond substituents is 1. The van der Waals surface area contributed by atoms with Crippen molar-refractivity contribution < 1.29 is 24.0 Å². The predicted octanol–water partition coefficient (Wildman–Crippen LogP) is 2.35. The highest BCUT2D eigenvalue weighted by molar-refractivity contribution is 5.91. The minimum Gasteiger partial charge on any atom is -0.508 e. The number of nitrogens with zero attached hydrogens (tertiary/aromatic N) is 1. The van der Waals surface area contributed by atoms with E-state index in [1.54, 1.807) is 0 Å². The van der Waals surface area contributed by atoms with Gasteiger partial charge in [0.05, 0.1) is 10.5 Å². The van der Waals surface area contributed by atoms with Crippen molar-refractivity contribution in [3.8, 4) is 5.75 Å². The molecule has 0 spiro atoms. The van der Waals surface area contributed by atoms with Crippen LogP contribution in [-0.2, 0) is 11.3 Å². The maximum atomic E-state index is 12.2. The highest BCUT2D eigenvalue weighted by Gasteiger charge is 2.17. The molecule has 3 aromatic rings. The third-order valence-electron chi connectivity index (χ3n) is 3.64. The number of nitro benzene ring substituents is 1. The lowest BCUT2D eigenvalue weighted by Gasteiger charge is -2.08. The molecule has 0 atom stereocenters. The molecule has 132 valence electrons. The van der Waals surface area contributed by atoms with E-state index in [1.165, 1.54) is 30.3 Å². The lowest BCUT2D eigenvalue weighted by molar-refractivity contribution is -0.383. The largest absolute Gasteiger partial charge is 0.508 e. The van der Waals surface area contributed by atoms with E-state index in [2.05, 4.69) is 0 Å². The minimum atomic E-state index is -0.812. The number of ether oxygens (including phenoxy) is 1. The fraction of sp³-hybridized carbons (Fsp3) is 0.0588. The smallest absolute Gasteiger partial charge is 0.338 e. The average Bonchev–Trinajstić information content (AvgIpc) is 2.58. The molecule has 0 aliphatic rings. The number of hydrogen-bond acceptors (Lipinski definition) is 8. The summed E-state index contributed by atoms with van der Waals surface area (Å²) in [7, 11) is 0. The first-order chi connectivity index (χ1) is 12.3. The van der Waals surface area contributed by atoms with E-state index in [-0.39, 0.29) is 29.2 Å². The molecule has 0 aliphatic carbocycles. The number of esters is 1. The number of rotatable bonds is 4. The summed E-state index contributed by atoms with van der Waals surface area (Å²) in [5.74, 6) is -0.891. The fourth-order valence-electron chi connectivity index (χ4n) is 2.39. The van der Waals surface area contributed by atoms with E-state index in [1.807, 2.05) is 0 Å². The molecule has 0 saturated carbocycles. The number of nitrogen functional groups attached to an aromatic ring is 1. The molecule has 0 unspecified atom stereocenters. The molecule has 2 aromatic carbocycles. The maximum Gasteiger partial charge on any atom is 0.338 e. The number of fused-ring (bicyclic) bond motifs is 1. The van der Waals surface area contributed by atoms with Crippen LogP contribution in [0.5, 0.6) is 5.75 Å². The molecule has 26 heavy (non-hydrogen) atoms. The van der Waals surface area contributed by atoms with Gasteiger partial charge in [-0.1, -0.05) is 0 Å². The van der Waals surface area contributed by atoms with Crippen LogP contribution in [-0.4, -0.2) is 16.0 Å². The van der Waals surface area contributed by atoms with Crippen LogP contribution in [0, 0.1) is 10.1 Å². The highest BCUT2D eigenvalue weighted by Crippen LogP contribution is 2.24. The van der Waals surface area contributed by atoms with Crippen molar-refractivity contribution in [2.75, 3.05) is 5.73 Å². The summed E-state index contributed by atoms with van der Waals surface area (Å²) in [5.41, 5.74) is 4.81. The van der Waals surface area contributed by atoms with Gasteiger partial charge in [-0.25, -0.2) is 9.59 Å². The highest BCUT2D eigenvalue weighted by atomic mass is 16.6. The number of carbonyl (C=O) groups is 1. The van der Waals surface area contributed by atoms with Gasteiger partial charge < -0.3 is 20.0 Å². The van der Waals surface area contributed by atoms with Gasteiger partial charge in [0, 0.05) is 29.1 Å². The van der Waals surface area contributed by atoms with E-state index >= 15 is 0 Å². The predicted molar refractivity (Wildman–Crippen MR) is 90.8 cm³/mol. The molecule has 0 amide bonds. The third-order valence-corrected chi connectivity index (χ3v) is 3.64. The maximum absolute atomic E-state index is 12.2. The van der Waals surface area contributed by atoms with E-state index in [0.29, 0.717) is 10.9 Å². The number of aromatic hydroxyl groups is 1. The van der Waals surface area contributed by atoms with E-state index < -0.39 is 22.2 Å². The molecule has 1 heterocycles. The number of nitrogens with two attached hydrogens (primary N) is 1. The molecule has 9 nitrogen and oxygen atoms in total. The summed E-state index contributed by atoms with van der Waals surface area (Å²) in [4.78, 5) is 34.0. The van der Waals surface area contributed by atoms with Gasteiger partial charge in [-0.05, 0) is 24.3 Å². The first-order valence-electron chi connectivity index (χ1n) is 7.32.